The van der Waals surface area contributed by atoms with E-state index >= 15 is 0 Å². The van der Waals surface area contributed by atoms with Crippen LogP contribution in [0.2, 0.25) is 0 Å². The van der Waals surface area contributed by atoms with Gasteiger partial charge in [-0.1, -0.05) is 32.0 Å². The number of ether oxygens (including phenoxy) is 2. The molecular weight excluding hydrogens is 433 g/mol. The molecule has 3 atom stereocenters. The molecule has 0 radical (unpaired) electrons. The highest BCUT2D eigenvalue weighted by Gasteiger charge is 2.47. The van der Waals surface area contributed by atoms with Gasteiger partial charge in [0.15, 0.2) is 5.78 Å². The summed E-state index contributed by atoms with van der Waals surface area (Å²) in [7, 11) is 1.24. The van der Waals surface area contributed by atoms with Crippen LogP contribution in [0.25, 0.3) is 0 Å². The number of nitrogens with one attached hydrogen (secondary N) is 1. The van der Waals surface area contributed by atoms with E-state index in [1.807, 2.05) is 6.92 Å². The second-order valence-corrected chi connectivity index (χ2v) is 9.28. The summed E-state index contributed by atoms with van der Waals surface area (Å²) < 4.78 is 25.3. The number of hydrogen-bond acceptors (Lipinski definition) is 7. The van der Waals surface area contributed by atoms with E-state index < -0.39 is 35.4 Å². The van der Waals surface area contributed by atoms with Gasteiger partial charge in [0.1, 0.15) is 18.3 Å². The average Bonchev–Trinajstić information content (AvgIpc) is 2.75. The van der Waals surface area contributed by atoms with Crippen LogP contribution in [0, 0.1) is 17.7 Å². The standard InChI is InChI=1S/C24H28FNO5S/c1-5-32-11-10-31-24(29)19-14(3)26-17-12-13(2)18(23(28)30-4)22(27)21(17)20(19)15-8-6-7-9-16(15)25/h6-9,13,18,20,26H,5,10-12H2,1-4H3. The molecule has 0 amide bonds. The lowest BCUT2D eigenvalue weighted by atomic mass is 9.69. The Morgan fingerprint density at radius 1 is 1.28 bits per heavy atom. The molecule has 172 valence electrons. The zero-order chi connectivity index (χ0) is 23.4. The third-order valence-corrected chi connectivity index (χ3v) is 6.71. The van der Waals surface area contributed by atoms with Gasteiger partial charge in [0.25, 0.3) is 0 Å². The summed E-state index contributed by atoms with van der Waals surface area (Å²) in [5.41, 5.74) is 1.72. The van der Waals surface area contributed by atoms with E-state index in [-0.39, 0.29) is 29.2 Å². The van der Waals surface area contributed by atoms with Gasteiger partial charge in [-0.05, 0) is 31.1 Å². The van der Waals surface area contributed by atoms with E-state index in [9.17, 15) is 18.8 Å². The fourth-order valence-electron chi connectivity index (χ4n) is 4.39. The van der Waals surface area contributed by atoms with Crippen molar-refractivity contribution in [1.29, 1.82) is 0 Å². The summed E-state index contributed by atoms with van der Waals surface area (Å²) in [6, 6.07) is 6.06. The minimum atomic E-state index is -1.01. The second-order valence-electron chi connectivity index (χ2n) is 7.89. The Bertz CT molecular complexity index is 986. The summed E-state index contributed by atoms with van der Waals surface area (Å²) in [4.78, 5) is 39.0. The van der Waals surface area contributed by atoms with Crippen LogP contribution in [0.1, 0.15) is 38.7 Å². The predicted octanol–water partition coefficient (Wildman–Crippen LogP) is 3.74. The number of dihydropyridines is 1. The van der Waals surface area contributed by atoms with Gasteiger partial charge in [0.05, 0.1) is 18.6 Å². The first-order valence-corrected chi connectivity index (χ1v) is 11.8. The van der Waals surface area contributed by atoms with Gasteiger partial charge in [0.2, 0.25) is 0 Å². The summed E-state index contributed by atoms with van der Waals surface area (Å²) in [5, 5.41) is 3.17. The quantitative estimate of drug-likeness (QED) is 0.376. The maximum atomic E-state index is 15.0. The molecule has 8 heteroatoms. The summed E-state index contributed by atoms with van der Waals surface area (Å²) in [6.07, 6.45) is 0.401. The summed E-state index contributed by atoms with van der Waals surface area (Å²) >= 11 is 1.64. The van der Waals surface area contributed by atoms with Gasteiger partial charge in [-0.15, -0.1) is 0 Å². The largest absolute Gasteiger partial charge is 0.468 e. The van der Waals surface area contributed by atoms with Crippen molar-refractivity contribution >= 4 is 29.5 Å². The third kappa shape index (κ3) is 4.60. The van der Waals surface area contributed by atoms with Crippen LogP contribution in [-0.4, -0.2) is 42.9 Å². The minimum absolute atomic E-state index is 0.182. The Hall–Kier alpha value is -2.61. The molecule has 1 aliphatic heterocycles. The fourth-order valence-corrected chi connectivity index (χ4v) is 4.88. The lowest BCUT2D eigenvalue weighted by Gasteiger charge is -2.38. The molecule has 0 saturated heterocycles. The van der Waals surface area contributed by atoms with E-state index in [1.165, 1.54) is 13.2 Å². The van der Waals surface area contributed by atoms with Gasteiger partial charge >= 0.3 is 11.9 Å². The molecular formula is C24H28FNO5S. The van der Waals surface area contributed by atoms with Crippen LogP contribution in [0.5, 0.6) is 0 Å². The van der Waals surface area contributed by atoms with Crippen molar-refractivity contribution in [3.8, 4) is 0 Å². The molecule has 0 aromatic heterocycles. The van der Waals surface area contributed by atoms with Crippen molar-refractivity contribution in [2.45, 2.75) is 33.1 Å². The Labute approximate surface area is 191 Å². The van der Waals surface area contributed by atoms with Crippen molar-refractivity contribution < 1.29 is 28.2 Å². The third-order valence-electron chi connectivity index (χ3n) is 5.84. The topological polar surface area (TPSA) is 81.7 Å². The highest BCUT2D eigenvalue weighted by Crippen LogP contribution is 2.46. The molecule has 1 aromatic carbocycles. The molecule has 3 rings (SSSR count). The second kappa shape index (κ2) is 10.3. The normalized spacial score (nSPS) is 22.9. The Morgan fingerprint density at radius 3 is 2.66 bits per heavy atom. The van der Waals surface area contributed by atoms with Crippen LogP contribution in [0.3, 0.4) is 0 Å². The van der Waals surface area contributed by atoms with Crippen LogP contribution < -0.4 is 5.32 Å². The van der Waals surface area contributed by atoms with Crippen molar-refractivity contribution in [1.82, 2.24) is 5.32 Å². The molecule has 0 spiro atoms. The van der Waals surface area contributed by atoms with Gasteiger partial charge in [-0.3, -0.25) is 9.59 Å². The van der Waals surface area contributed by atoms with Gasteiger partial charge in [0, 0.05) is 28.3 Å². The molecule has 3 unspecified atom stereocenters. The van der Waals surface area contributed by atoms with Gasteiger partial charge in [-0.25, -0.2) is 9.18 Å². The number of hydrogen-bond donors (Lipinski definition) is 1. The van der Waals surface area contributed by atoms with E-state index in [0.29, 0.717) is 23.6 Å². The molecule has 6 nitrogen and oxygen atoms in total. The molecule has 0 bridgehead atoms. The number of rotatable bonds is 7. The number of thioether (sulfide) groups is 1. The van der Waals surface area contributed by atoms with E-state index in [1.54, 1.807) is 43.8 Å². The van der Waals surface area contributed by atoms with Crippen molar-refractivity contribution in [3.63, 3.8) is 0 Å². The molecule has 0 saturated carbocycles. The number of carbonyl (C=O) groups excluding carboxylic acids is 3. The maximum absolute atomic E-state index is 15.0. The van der Waals surface area contributed by atoms with Gasteiger partial charge < -0.3 is 14.8 Å². The first-order valence-electron chi connectivity index (χ1n) is 10.6. The van der Waals surface area contributed by atoms with Gasteiger partial charge in [-0.2, -0.15) is 11.8 Å². The summed E-state index contributed by atoms with van der Waals surface area (Å²) in [6.45, 7) is 5.74. The number of ketones is 1. The molecule has 2 aliphatic rings. The number of esters is 2. The van der Waals surface area contributed by atoms with Crippen molar-refractivity contribution in [3.05, 3.63) is 58.2 Å². The molecule has 1 aromatic rings. The highest BCUT2D eigenvalue weighted by atomic mass is 32.2. The lowest BCUT2D eigenvalue weighted by Crippen LogP contribution is -2.43. The SMILES string of the molecule is CCSCCOC(=O)C1=C(C)NC2=C(C(=O)C(C(=O)OC)C(C)C2)C1c1ccccc1F. The number of carbonyl (C=O) groups is 3. The van der Waals surface area contributed by atoms with Crippen LogP contribution in [0.15, 0.2) is 46.8 Å². The zero-order valence-electron chi connectivity index (χ0n) is 18.7. The monoisotopic (exact) mass is 461 g/mol. The highest BCUT2D eigenvalue weighted by molar-refractivity contribution is 7.99. The predicted molar refractivity (Wildman–Crippen MR) is 120 cm³/mol. The van der Waals surface area contributed by atoms with Crippen molar-refractivity contribution in [2.24, 2.45) is 11.8 Å². The summed E-state index contributed by atoms with van der Waals surface area (Å²) in [5.74, 6) is -2.96. The number of methoxy groups -OCH3 is 1. The molecule has 32 heavy (non-hydrogen) atoms. The number of benzene rings is 1. The van der Waals surface area contributed by atoms with E-state index in [4.69, 9.17) is 9.47 Å². The Balaban J connectivity index is 2.09. The Morgan fingerprint density at radius 2 is 2.00 bits per heavy atom. The minimum Gasteiger partial charge on any atom is -0.468 e. The first-order chi connectivity index (χ1) is 15.3. The average molecular weight is 462 g/mol. The van der Waals surface area contributed by atoms with Crippen LogP contribution in [-0.2, 0) is 23.9 Å². The van der Waals surface area contributed by atoms with Crippen LogP contribution in [0.4, 0.5) is 4.39 Å². The molecule has 1 N–H and O–H groups in total. The smallest absolute Gasteiger partial charge is 0.336 e. The van der Waals surface area contributed by atoms with E-state index in [0.717, 1.165) is 5.75 Å². The molecule has 1 aliphatic carbocycles. The van der Waals surface area contributed by atoms with Crippen molar-refractivity contribution in [2.75, 3.05) is 25.2 Å². The van der Waals surface area contributed by atoms with E-state index in [2.05, 4.69) is 5.32 Å². The Kier molecular flexibility index (Phi) is 7.77. The number of Topliss-reactive ketones (excluding diaryl/α,β-unsaturated/α-hetero) is 1. The molecule has 1 heterocycles. The number of allylic oxidation sites excluding steroid dienone is 3. The van der Waals surface area contributed by atoms with Crippen LogP contribution >= 0.6 is 11.8 Å². The fraction of sp³-hybridized carbons (Fsp3) is 0.458. The molecule has 0 fully saturated rings. The first kappa shape index (κ1) is 24.0. The maximum Gasteiger partial charge on any atom is 0.336 e. The number of halogens is 1. The lowest BCUT2D eigenvalue weighted by molar-refractivity contribution is -0.151. The zero-order valence-corrected chi connectivity index (χ0v) is 19.5.